The standard InChI is InChI=1S/C10H15NO4S/c1-8(14-2)7-15-9-3-5-10(6-4-9)16(11,12)13/h3-6,8H,7H2,1-2H3,(H2,11,12,13). The van der Waals surface area contributed by atoms with Crippen molar-refractivity contribution in [3.05, 3.63) is 24.3 Å². The van der Waals surface area contributed by atoms with E-state index in [1.165, 1.54) is 12.1 Å². The molecule has 0 aromatic heterocycles. The van der Waals surface area contributed by atoms with E-state index < -0.39 is 10.0 Å². The molecule has 1 rings (SSSR count). The average molecular weight is 245 g/mol. The van der Waals surface area contributed by atoms with Gasteiger partial charge in [0.25, 0.3) is 0 Å². The molecule has 0 heterocycles. The molecule has 1 atom stereocenters. The minimum atomic E-state index is -3.64. The van der Waals surface area contributed by atoms with Crippen LogP contribution in [0.25, 0.3) is 0 Å². The van der Waals surface area contributed by atoms with Gasteiger partial charge in [0.2, 0.25) is 10.0 Å². The Bertz CT molecular complexity index is 427. The Labute approximate surface area is 95.2 Å². The first-order valence-electron chi connectivity index (χ1n) is 4.72. The van der Waals surface area contributed by atoms with Crippen LogP contribution in [-0.4, -0.2) is 28.2 Å². The molecule has 1 aromatic carbocycles. The molecule has 16 heavy (non-hydrogen) atoms. The van der Waals surface area contributed by atoms with Gasteiger partial charge >= 0.3 is 0 Å². The van der Waals surface area contributed by atoms with Gasteiger partial charge < -0.3 is 9.47 Å². The molecule has 90 valence electrons. The quantitative estimate of drug-likeness (QED) is 0.830. The van der Waals surface area contributed by atoms with Gasteiger partial charge in [-0.05, 0) is 31.2 Å². The summed E-state index contributed by atoms with van der Waals surface area (Å²) in [6, 6.07) is 5.93. The van der Waals surface area contributed by atoms with Gasteiger partial charge in [-0.1, -0.05) is 0 Å². The van der Waals surface area contributed by atoms with Crippen molar-refractivity contribution >= 4 is 10.0 Å². The van der Waals surface area contributed by atoms with Crippen LogP contribution in [-0.2, 0) is 14.8 Å². The predicted molar refractivity (Wildman–Crippen MR) is 59.8 cm³/mol. The maximum atomic E-state index is 11.0. The molecule has 0 saturated carbocycles. The topological polar surface area (TPSA) is 78.6 Å². The largest absolute Gasteiger partial charge is 0.491 e. The molecule has 0 fully saturated rings. The van der Waals surface area contributed by atoms with E-state index >= 15 is 0 Å². The normalized spacial score (nSPS) is 13.4. The summed E-state index contributed by atoms with van der Waals surface area (Å²) in [7, 11) is -2.04. The van der Waals surface area contributed by atoms with Gasteiger partial charge in [0.05, 0.1) is 11.0 Å². The summed E-state index contributed by atoms with van der Waals surface area (Å²) in [5.74, 6) is 0.580. The van der Waals surface area contributed by atoms with Gasteiger partial charge in [0, 0.05) is 7.11 Å². The van der Waals surface area contributed by atoms with Gasteiger partial charge in [-0.2, -0.15) is 0 Å². The van der Waals surface area contributed by atoms with E-state index in [0.717, 1.165) is 0 Å². The zero-order valence-electron chi connectivity index (χ0n) is 9.21. The van der Waals surface area contributed by atoms with E-state index in [4.69, 9.17) is 14.6 Å². The summed E-state index contributed by atoms with van der Waals surface area (Å²) < 4.78 is 32.3. The molecule has 0 aliphatic carbocycles. The van der Waals surface area contributed by atoms with Crippen LogP contribution in [0.4, 0.5) is 0 Å². The monoisotopic (exact) mass is 245 g/mol. The molecular formula is C10H15NO4S. The van der Waals surface area contributed by atoms with E-state index in [-0.39, 0.29) is 11.0 Å². The van der Waals surface area contributed by atoms with Gasteiger partial charge in [-0.15, -0.1) is 0 Å². The number of nitrogens with two attached hydrogens (primary N) is 1. The van der Waals surface area contributed by atoms with E-state index in [1.54, 1.807) is 19.2 Å². The third kappa shape index (κ3) is 3.80. The minimum Gasteiger partial charge on any atom is -0.491 e. The highest BCUT2D eigenvalue weighted by Gasteiger charge is 2.07. The summed E-state index contributed by atoms with van der Waals surface area (Å²) in [5, 5.41) is 4.96. The van der Waals surface area contributed by atoms with Crippen LogP contribution in [0.2, 0.25) is 0 Å². The lowest BCUT2D eigenvalue weighted by atomic mass is 10.3. The number of ether oxygens (including phenoxy) is 2. The molecule has 1 aromatic rings. The Kier molecular flexibility index (Phi) is 4.28. The number of hydrogen-bond donors (Lipinski definition) is 1. The average Bonchev–Trinajstić information content (AvgIpc) is 2.25. The van der Waals surface area contributed by atoms with Crippen LogP contribution < -0.4 is 9.88 Å². The van der Waals surface area contributed by atoms with E-state index in [2.05, 4.69) is 0 Å². The SMILES string of the molecule is COC(C)COc1ccc(S(N)(=O)=O)cc1. The number of rotatable bonds is 5. The molecule has 0 aliphatic heterocycles. The van der Waals surface area contributed by atoms with Gasteiger partial charge in [-0.25, -0.2) is 13.6 Å². The number of primary sulfonamides is 1. The maximum Gasteiger partial charge on any atom is 0.238 e. The maximum absolute atomic E-state index is 11.0. The minimum absolute atomic E-state index is 0.0158. The van der Waals surface area contributed by atoms with Crippen molar-refractivity contribution in [2.24, 2.45) is 5.14 Å². The van der Waals surface area contributed by atoms with Crippen molar-refractivity contribution in [3.63, 3.8) is 0 Å². The van der Waals surface area contributed by atoms with Gasteiger partial charge in [0.15, 0.2) is 0 Å². The third-order valence-corrected chi connectivity index (χ3v) is 2.97. The van der Waals surface area contributed by atoms with Gasteiger partial charge in [0.1, 0.15) is 12.4 Å². The smallest absolute Gasteiger partial charge is 0.238 e. The van der Waals surface area contributed by atoms with Crippen molar-refractivity contribution in [2.75, 3.05) is 13.7 Å². The molecule has 0 radical (unpaired) electrons. The molecule has 0 amide bonds. The fraction of sp³-hybridized carbons (Fsp3) is 0.400. The van der Waals surface area contributed by atoms with Crippen molar-refractivity contribution in [2.45, 2.75) is 17.9 Å². The summed E-state index contributed by atoms with van der Waals surface area (Å²) in [6.45, 7) is 2.28. The van der Waals surface area contributed by atoms with E-state index in [0.29, 0.717) is 12.4 Å². The second-order valence-electron chi connectivity index (χ2n) is 3.37. The molecular weight excluding hydrogens is 230 g/mol. The number of methoxy groups -OCH3 is 1. The highest BCUT2D eigenvalue weighted by molar-refractivity contribution is 7.89. The van der Waals surface area contributed by atoms with Crippen LogP contribution >= 0.6 is 0 Å². The zero-order valence-corrected chi connectivity index (χ0v) is 10.0. The molecule has 1 unspecified atom stereocenters. The summed E-state index contributed by atoms with van der Waals surface area (Å²) >= 11 is 0. The van der Waals surface area contributed by atoms with Crippen molar-refractivity contribution in [1.82, 2.24) is 0 Å². The Balaban J connectivity index is 2.66. The van der Waals surface area contributed by atoms with Crippen LogP contribution in [0.3, 0.4) is 0 Å². The van der Waals surface area contributed by atoms with E-state index in [9.17, 15) is 8.42 Å². The van der Waals surface area contributed by atoms with Crippen molar-refractivity contribution in [3.8, 4) is 5.75 Å². The van der Waals surface area contributed by atoms with E-state index in [1.807, 2.05) is 6.92 Å². The number of hydrogen-bond acceptors (Lipinski definition) is 4. The lowest BCUT2D eigenvalue weighted by molar-refractivity contribution is 0.0716. The summed E-state index contributed by atoms with van der Waals surface area (Å²) in [6.07, 6.45) is -0.0158. The lowest BCUT2D eigenvalue weighted by Crippen LogP contribution is -2.16. The third-order valence-electron chi connectivity index (χ3n) is 2.04. The second-order valence-corrected chi connectivity index (χ2v) is 4.94. The van der Waals surface area contributed by atoms with Crippen LogP contribution in [0.15, 0.2) is 29.2 Å². The molecule has 0 spiro atoms. The summed E-state index contributed by atoms with van der Waals surface area (Å²) in [5.41, 5.74) is 0. The second kappa shape index (κ2) is 5.29. The van der Waals surface area contributed by atoms with Crippen LogP contribution in [0.5, 0.6) is 5.75 Å². The number of sulfonamides is 1. The van der Waals surface area contributed by atoms with Gasteiger partial charge in [-0.3, -0.25) is 0 Å². The predicted octanol–water partition coefficient (Wildman–Crippen LogP) is 0.748. The molecule has 2 N–H and O–H groups in total. The molecule has 5 nitrogen and oxygen atoms in total. The first kappa shape index (κ1) is 13.0. The first-order valence-corrected chi connectivity index (χ1v) is 6.26. The molecule has 6 heteroatoms. The summed E-state index contributed by atoms with van der Waals surface area (Å²) in [4.78, 5) is 0.0691. The first-order chi connectivity index (χ1) is 7.43. The fourth-order valence-corrected chi connectivity index (χ4v) is 1.52. The zero-order chi connectivity index (χ0) is 12.2. The van der Waals surface area contributed by atoms with Crippen LogP contribution in [0.1, 0.15) is 6.92 Å². The number of benzene rings is 1. The Hall–Kier alpha value is -1.11. The Morgan fingerprint density at radius 2 is 1.88 bits per heavy atom. The molecule has 0 aliphatic rings. The highest BCUT2D eigenvalue weighted by Crippen LogP contribution is 2.15. The Morgan fingerprint density at radius 3 is 2.31 bits per heavy atom. The molecule has 0 saturated heterocycles. The van der Waals surface area contributed by atoms with Crippen LogP contribution in [0, 0.1) is 0 Å². The van der Waals surface area contributed by atoms with Crippen molar-refractivity contribution in [1.29, 1.82) is 0 Å². The van der Waals surface area contributed by atoms with Crippen molar-refractivity contribution < 1.29 is 17.9 Å². The molecule has 0 bridgehead atoms. The lowest BCUT2D eigenvalue weighted by Gasteiger charge is -2.11. The highest BCUT2D eigenvalue weighted by atomic mass is 32.2. The fourth-order valence-electron chi connectivity index (χ4n) is 1.01. The Morgan fingerprint density at radius 1 is 1.31 bits per heavy atom.